The highest BCUT2D eigenvalue weighted by Crippen LogP contribution is 2.37. The largest absolute Gasteiger partial charge is 0.493 e. The number of hydrogen-bond donors (Lipinski definition) is 0. The molecule has 7 nitrogen and oxygen atoms in total. The molecule has 190 valence electrons. The Morgan fingerprint density at radius 3 is 2.68 bits per heavy atom. The molecule has 0 atom stereocenters. The standard InChI is InChI=1S/C30H30N2O5/c1-31(16-15-20-9-13-26(34-3)28(17-20)35-4)29(33)14-12-24-23-7-5-6-8-25(23)32(2)30(24)21-10-11-22-19-36-37-27(22)18-21/h5-14,17-18H,15-16,19H2,1-4H3/b14-12+. The minimum atomic E-state index is -0.0648. The fourth-order valence-corrected chi connectivity index (χ4v) is 4.72. The van der Waals surface area contributed by atoms with E-state index in [1.54, 1.807) is 25.2 Å². The summed E-state index contributed by atoms with van der Waals surface area (Å²) in [5, 5.41) is 1.08. The summed E-state index contributed by atoms with van der Waals surface area (Å²) in [6.45, 7) is 1.02. The summed E-state index contributed by atoms with van der Waals surface area (Å²) in [4.78, 5) is 25.2. The molecule has 3 aromatic carbocycles. The normalized spacial score (nSPS) is 12.5. The molecule has 37 heavy (non-hydrogen) atoms. The minimum Gasteiger partial charge on any atom is -0.493 e. The van der Waals surface area contributed by atoms with Crippen LogP contribution in [0, 0.1) is 0 Å². The number of amides is 1. The highest BCUT2D eigenvalue weighted by atomic mass is 17.2. The third-order valence-electron chi connectivity index (χ3n) is 6.80. The number of ether oxygens (including phenoxy) is 2. The van der Waals surface area contributed by atoms with E-state index in [0.717, 1.165) is 44.6 Å². The lowest BCUT2D eigenvalue weighted by atomic mass is 10.0. The van der Waals surface area contributed by atoms with E-state index in [1.807, 2.05) is 62.6 Å². The first-order valence-corrected chi connectivity index (χ1v) is 12.1. The average molecular weight is 499 g/mol. The number of carbonyl (C=O) groups is 1. The van der Waals surface area contributed by atoms with Gasteiger partial charge in [-0.25, -0.2) is 0 Å². The van der Waals surface area contributed by atoms with E-state index in [4.69, 9.17) is 19.2 Å². The average Bonchev–Trinajstić information content (AvgIpc) is 3.51. The molecule has 5 rings (SSSR count). The first-order chi connectivity index (χ1) is 18.0. The van der Waals surface area contributed by atoms with E-state index in [2.05, 4.69) is 22.8 Å². The number of benzene rings is 3. The van der Waals surface area contributed by atoms with E-state index in [0.29, 0.717) is 31.1 Å². The van der Waals surface area contributed by atoms with Crippen LogP contribution in [-0.4, -0.2) is 43.2 Å². The fourth-order valence-electron chi connectivity index (χ4n) is 4.72. The summed E-state index contributed by atoms with van der Waals surface area (Å²) < 4.78 is 12.9. The molecule has 0 saturated carbocycles. The molecule has 7 heteroatoms. The number of rotatable bonds is 8. The van der Waals surface area contributed by atoms with Gasteiger partial charge in [0.05, 0.1) is 19.9 Å². The molecule has 0 fully saturated rings. The zero-order chi connectivity index (χ0) is 25.9. The van der Waals surface area contributed by atoms with Crippen molar-refractivity contribution in [3.05, 3.63) is 83.4 Å². The maximum absolute atomic E-state index is 13.1. The lowest BCUT2D eigenvalue weighted by Crippen LogP contribution is -2.27. The summed E-state index contributed by atoms with van der Waals surface area (Å²) in [7, 11) is 7.09. The van der Waals surface area contributed by atoms with Crippen LogP contribution in [0.2, 0.25) is 0 Å². The highest BCUT2D eigenvalue weighted by Gasteiger charge is 2.19. The predicted molar refractivity (Wildman–Crippen MR) is 144 cm³/mol. The quantitative estimate of drug-likeness (QED) is 0.240. The van der Waals surface area contributed by atoms with Gasteiger partial charge < -0.3 is 23.8 Å². The number of methoxy groups -OCH3 is 2. The van der Waals surface area contributed by atoms with Gasteiger partial charge in [0.15, 0.2) is 17.2 Å². The van der Waals surface area contributed by atoms with Gasteiger partial charge >= 0.3 is 0 Å². The van der Waals surface area contributed by atoms with Crippen LogP contribution >= 0.6 is 0 Å². The Kier molecular flexibility index (Phi) is 6.88. The molecule has 0 aliphatic carbocycles. The Morgan fingerprint density at radius 2 is 1.86 bits per heavy atom. The van der Waals surface area contributed by atoms with E-state index >= 15 is 0 Å². The summed E-state index contributed by atoms with van der Waals surface area (Å²) in [6, 6.07) is 20.1. The monoisotopic (exact) mass is 498 g/mol. The van der Waals surface area contributed by atoms with E-state index in [9.17, 15) is 4.79 Å². The predicted octanol–water partition coefficient (Wildman–Crippen LogP) is 5.40. The van der Waals surface area contributed by atoms with Crippen LogP contribution in [0.25, 0.3) is 28.2 Å². The SMILES string of the molecule is COc1ccc(CCN(C)C(=O)/C=C/c2c(-c3ccc4c(c3)OOC4)n(C)c3ccccc23)cc1OC. The van der Waals surface area contributed by atoms with Crippen molar-refractivity contribution >= 4 is 22.9 Å². The second-order valence-corrected chi connectivity index (χ2v) is 9.04. The van der Waals surface area contributed by atoms with Gasteiger partial charge in [-0.05, 0) is 42.3 Å². The maximum Gasteiger partial charge on any atom is 0.246 e. The second-order valence-electron chi connectivity index (χ2n) is 9.04. The Balaban J connectivity index is 1.39. The lowest BCUT2D eigenvalue weighted by molar-refractivity contribution is -0.194. The molecule has 1 aliphatic rings. The summed E-state index contributed by atoms with van der Waals surface area (Å²) in [6.07, 6.45) is 4.26. The Bertz CT molecular complexity index is 1490. The number of likely N-dealkylation sites (N-methyl/N-ethyl adjacent to an activating group) is 1. The molecule has 1 aromatic heterocycles. The van der Waals surface area contributed by atoms with Gasteiger partial charge in [0.1, 0.15) is 6.61 Å². The molecule has 0 saturated heterocycles. The molecule has 0 N–H and O–H groups in total. The fraction of sp³-hybridized carbons (Fsp3) is 0.233. The summed E-state index contributed by atoms with van der Waals surface area (Å²) in [5.41, 5.74) is 6.17. The minimum absolute atomic E-state index is 0.0648. The van der Waals surface area contributed by atoms with Gasteiger partial charge in [-0.15, -0.1) is 0 Å². The lowest BCUT2D eigenvalue weighted by Gasteiger charge is -2.16. The van der Waals surface area contributed by atoms with Crippen LogP contribution in [0.3, 0.4) is 0 Å². The number of aromatic nitrogens is 1. The molecule has 4 aromatic rings. The van der Waals surface area contributed by atoms with Crippen LogP contribution < -0.4 is 14.4 Å². The number of carbonyl (C=O) groups excluding carboxylic acids is 1. The van der Waals surface area contributed by atoms with Crippen molar-refractivity contribution in [2.45, 2.75) is 13.0 Å². The number of aryl methyl sites for hydroxylation is 1. The maximum atomic E-state index is 13.1. The Hall–Kier alpha value is -4.23. The molecule has 1 amide bonds. The Labute approximate surface area is 216 Å². The van der Waals surface area contributed by atoms with Crippen molar-refractivity contribution in [3.63, 3.8) is 0 Å². The third-order valence-corrected chi connectivity index (χ3v) is 6.80. The smallest absolute Gasteiger partial charge is 0.246 e. The van der Waals surface area contributed by atoms with Crippen LogP contribution in [-0.2, 0) is 29.8 Å². The molecular formula is C30H30N2O5. The molecular weight excluding hydrogens is 468 g/mol. The van der Waals surface area contributed by atoms with Crippen LogP contribution in [0.4, 0.5) is 0 Å². The van der Waals surface area contributed by atoms with Crippen molar-refractivity contribution in [1.82, 2.24) is 9.47 Å². The van der Waals surface area contributed by atoms with Crippen molar-refractivity contribution < 1.29 is 24.0 Å². The number of nitrogens with zero attached hydrogens (tertiary/aromatic N) is 2. The van der Waals surface area contributed by atoms with Crippen LogP contribution in [0.5, 0.6) is 17.2 Å². The van der Waals surface area contributed by atoms with Gasteiger partial charge in [0.25, 0.3) is 0 Å². The molecule has 0 unspecified atom stereocenters. The number of para-hydroxylation sites is 1. The summed E-state index contributed by atoms with van der Waals surface area (Å²) in [5.74, 6) is 2.03. The topological polar surface area (TPSA) is 62.2 Å². The van der Waals surface area contributed by atoms with Gasteiger partial charge in [-0.2, -0.15) is 4.89 Å². The van der Waals surface area contributed by atoms with Gasteiger partial charge in [0.2, 0.25) is 5.91 Å². The number of hydrogen-bond acceptors (Lipinski definition) is 5. The van der Waals surface area contributed by atoms with Gasteiger partial charge in [-0.3, -0.25) is 4.79 Å². The van der Waals surface area contributed by atoms with Crippen molar-refractivity contribution in [2.75, 3.05) is 27.8 Å². The molecule has 0 radical (unpaired) electrons. The molecule has 0 bridgehead atoms. The van der Waals surface area contributed by atoms with Gasteiger partial charge in [-0.1, -0.05) is 36.4 Å². The third kappa shape index (κ3) is 4.78. The van der Waals surface area contributed by atoms with Crippen LogP contribution in [0.1, 0.15) is 16.7 Å². The first-order valence-electron chi connectivity index (χ1n) is 12.1. The van der Waals surface area contributed by atoms with Crippen molar-refractivity contribution in [1.29, 1.82) is 0 Å². The summed E-state index contributed by atoms with van der Waals surface area (Å²) >= 11 is 0. The van der Waals surface area contributed by atoms with E-state index in [-0.39, 0.29) is 5.91 Å². The molecule has 2 heterocycles. The van der Waals surface area contributed by atoms with E-state index in [1.165, 1.54) is 0 Å². The second kappa shape index (κ2) is 10.4. The van der Waals surface area contributed by atoms with Crippen LogP contribution in [0.15, 0.2) is 66.7 Å². The van der Waals surface area contributed by atoms with E-state index < -0.39 is 0 Å². The highest BCUT2D eigenvalue weighted by molar-refractivity contribution is 6.01. The first kappa shape index (κ1) is 24.5. The Morgan fingerprint density at radius 1 is 1.05 bits per heavy atom. The molecule has 1 aliphatic heterocycles. The number of fused-ring (bicyclic) bond motifs is 2. The zero-order valence-corrected chi connectivity index (χ0v) is 21.5. The zero-order valence-electron chi connectivity index (χ0n) is 21.5. The molecule has 0 spiro atoms. The van der Waals surface area contributed by atoms with Gasteiger partial charge in [0, 0.05) is 54.3 Å². The van der Waals surface area contributed by atoms with Crippen molar-refractivity contribution in [2.24, 2.45) is 7.05 Å². The van der Waals surface area contributed by atoms with Crippen molar-refractivity contribution in [3.8, 4) is 28.5 Å².